The summed E-state index contributed by atoms with van der Waals surface area (Å²) in [4.78, 5) is 1.92. The van der Waals surface area contributed by atoms with E-state index in [1.807, 2.05) is 4.90 Å². The van der Waals surface area contributed by atoms with Gasteiger partial charge in [0.15, 0.2) is 9.84 Å². The van der Waals surface area contributed by atoms with E-state index in [4.69, 9.17) is 0 Å². The van der Waals surface area contributed by atoms with E-state index in [1.165, 1.54) is 12.1 Å². The molecule has 0 saturated carbocycles. The normalized spacial score (nSPS) is 24.0. The fraction of sp³-hybridized carbons (Fsp3) is 0.625. The van der Waals surface area contributed by atoms with Crippen LogP contribution in [0.15, 0.2) is 24.3 Å². The molecule has 1 unspecified atom stereocenters. The minimum absolute atomic E-state index is 0.0555. The van der Waals surface area contributed by atoms with Gasteiger partial charge in [-0.05, 0) is 30.7 Å². The van der Waals surface area contributed by atoms with Crippen LogP contribution in [0.2, 0.25) is 0 Å². The van der Waals surface area contributed by atoms with Crippen molar-refractivity contribution >= 4 is 9.84 Å². The molecule has 1 spiro atoms. The van der Waals surface area contributed by atoms with Gasteiger partial charge < -0.3 is 0 Å². The molecule has 2 heterocycles. The Balaban J connectivity index is 1.50. The van der Waals surface area contributed by atoms with Crippen molar-refractivity contribution in [1.82, 2.24) is 4.90 Å². The van der Waals surface area contributed by atoms with Crippen LogP contribution in [0.4, 0.5) is 17.6 Å². The topological polar surface area (TPSA) is 37.4 Å². The van der Waals surface area contributed by atoms with E-state index in [0.29, 0.717) is 18.7 Å². The van der Waals surface area contributed by atoms with Gasteiger partial charge in [-0.2, -0.15) is 13.2 Å². The summed E-state index contributed by atoms with van der Waals surface area (Å²) < 4.78 is 74.4. The third kappa shape index (κ3) is 3.91. The van der Waals surface area contributed by atoms with Crippen molar-refractivity contribution in [2.45, 2.75) is 25.2 Å². The summed E-state index contributed by atoms with van der Waals surface area (Å²) in [5.74, 6) is 0.374. The first-order chi connectivity index (χ1) is 11.1. The Labute approximate surface area is 138 Å². The molecule has 3 nitrogen and oxygen atoms in total. The highest BCUT2D eigenvalue weighted by Gasteiger charge is 2.52. The molecule has 1 atom stereocenters. The molecule has 2 aliphatic heterocycles. The van der Waals surface area contributed by atoms with Crippen molar-refractivity contribution in [3.63, 3.8) is 0 Å². The van der Waals surface area contributed by atoms with Gasteiger partial charge in [-0.25, -0.2) is 12.8 Å². The Morgan fingerprint density at radius 3 is 2.33 bits per heavy atom. The van der Waals surface area contributed by atoms with E-state index >= 15 is 0 Å². The maximum atomic E-state index is 14.2. The van der Waals surface area contributed by atoms with E-state index in [2.05, 4.69) is 0 Å². The van der Waals surface area contributed by atoms with Crippen molar-refractivity contribution < 1.29 is 26.0 Å². The predicted octanol–water partition coefficient (Wildman–Crippen LogP) is 2.71. The average molecular weight is 365 g/mol. The van der Waals surface area contributed by atoms with Crippen LogP contribution in [0.25, 0.3) is 0 Å². The van der Waals surface area contributed by atoms with Crippen molar-refractivity contribution in [1.29, 1.82) is 0 Å². The molecule has 2 saturated heterocycles. The first-order valence-electron chi connectivity index (χ1n) is 7.80. The smallest absolute Gasteiger partial charge is 0.300 e. The quantitative estimate of drug-likeness (QED) is 0.770. The van der Waals surface area contributed by atoms with E-state index < -0.39 is 27.7 Å². The fourth-order valence-electron chi connectivity index (χ4n) is 3.74. The molecule has 0 radical (unpaired) electrons. The number of alkyl halides is 4. The number of hydrogen-bond acceptors (Lipinski definition) is 3. The Kier molecular flexibility index (Phi) is 4.40. The van der Waals surface area contributed by atoms with Gasteiger partial charge in [0.25, 0.3) is 0 Å². The van der Waals surface area contributed by atoms with Crippen molar-refractivity contribution in [3.05, 3.63) is 35.4 Å². The number of benzene rings is 1. The van der Waals surface area contributed by atoms with Crippen LogP contribution >= 0.6 is 0 Å². The Hall–Kier alpha value is -1.15. The zero-order chi connectivity index (χ0) is 17.6. The number of sulfone groups is 1. The van der Waals surface area contributed by atoms with Gasteiger partial charge in [-0.3, -0.25) is 4.90 Å². The van der Waals surface area contributed by atoms with E-state index in [1.54, 1.807) is 0 Å². The van der Waals surface area contributed by atoms with Crippen LogP contribution in [-0.4, -0.2) is 50.6 Å². The molecule has 0 N–H and O–H groups in total. The predicted molar refractivity (Wildman–Crippen MR) is 82.2 cm³/mol. The minimum atomic E-state index is -4.39. The standard InChI is InChI=1S/C16H19F4NO2S/c17-14(7-12-1-3-13(4-2-12)16(18,19)20)8-21-6-5-15(9-21)10-24(22,23)11-15/h1-4,14H,5-11H2. The third-order valence-electron chi connectivity index (χ3n) is 4.76. The van der Waals surface area contributed by atoms with Gasteiger partial charge in [-0.1, -0.05) is 12.1 Å². The van der Waals surface area contributed by atoms with Crippen LogP contribution in [-0.2, 0) is 22.4 Å². The molecular weight excluding hydrogens is 346 g/mol. The number of nitrogens with zero attached hydrogens (tertiary/aromatic N) is 1. The zero-order valence-electron chi connectivity index (χ0n) is 13.0. The van der Waals surface area contributed by atoms with Gasteiger partial charge in [0.2, 0.25) is 0 Å². The maximum Gasteiger partial charge on any atom is 0.416 e. The average Bonchev–Trinajstić information content (AvgIpc) is 2.79. The summed E-state index contributed by atoms with van der Waals surface area (Å²) in [6, 6.07) is 4.54. The minimum Gasteiger partial charge on any atom is -0.300 e. The first-order valence-corrected chi connectivity index (χ1v) is 9.62. The second kappa shape index (κ2) is 5.98. The summed E-state index contributed by atoms with van der Waals surface area (Å²) in [7, 11) is -2.90. The lowest BCUT2D eigenvalue weighted by Crippen LogP contribution is -2.50. The summed E-state index contributed by atoms with van der Waals surface area (Å²) >= 11 is 0. The summed E-state index contributed by atoms with van der Waals surface area (Å²) in [6.45, 7) is 1.44. The maximum absolute atomic E-state index is 14.2. The Morgan fingerprint density at radius 1 is 1.17 bits per heavy atom. The van der Waals surface area contributed by atoms with Crippen LogP contribution in [0.1, 0.15) is 17.5 Å². The molecule has 3 rings (SSSR count). The SMILES string of the molecule is O=S1(=O)CC2(CCN(CC(F)Cc3ccc(C(F)(F)F)cc3)C2)C1. The second-order valence-electron chi connectivity index (χ2n) is 7.01. The molecule has 2 aliphatic rings. The summed E-state index contributed by atoms with van der Waals surface area (Å²) in [5, 5.41) is 0. The Bertz CT molecular complexity index is 688. The van der Waals surface area contributed by atoms with Gasteiger partial charge in [0.05, 0.1) is 17.1 Å². The third-order valence-corrected chi connectivity index (χ3v) is 6.87. The molecular formula is C16H19F4NO2S. The summed E-state index contributed by atoms with van der Waals surface area (Å²) in [5.41, 5.74) is -0.419. The first kappa shape index (κ1) is 17.7. The van der Waals surface area contributed by atoms with Crippen LogP contribution in [0, 0.1) is 5.41 Å². The number of halogens is 4. The number of rotatable bonds is 4. The van der Waals surface area contributed by atoms with E-state index in [9.17, 15) is 26.0 Å². The molecule has 2 fully saturated rings. The zero-order valence-corrected chi connectivity index (χ0v) is 13.8. The molecule has 134 valence electrons. The van der Waals surface area contributed by atoms with Crippen molar-refractivity contribution in [2.75, 3.05) is 31.1 Å². The van der Waals surface area contributed by atoms with Gasteiger partial charge in [-0.15, -0.1) is 0 Å². The van der Waals surface area contributed by atoms with E-state index in [0.717, 1.165) is 18.6 Å². The molecule has 0 aliphatic carbocycles. The Morgan fingerprint density at radius 2 is 1.79 bits per heavy atom. The molecule has 1 aromatic carbocycles. The van der Waals surface area contributed by atoms with Crippen LogP contribution < -0.4 is 0 Å². The largest absolute Gasteiger partial charge is 0.416 e. The molecule has 1 aromatic rings. The van der Waals surface area contributed by atoms with Crippen molar-refractivity contribution in [2.24, 2.45) is 5.41 Å². The lowest BCUT2D eigenvalue weighted by molar-refractivity contribution is -0.137. The number of likely N-dealkylation sites (tertiary alicyclic amines) is 1. The molecule has 0 bridgehead atoms. The second-order valence-corrected chi connectivity index (χ2v) is 9.08. The van der Waals surface area contributed by atoms with E-state index in [-0.39, 0.29) is 29.9 Å². The molecule has 0 amide bonds. The van der Waals surface area contributed by atoms with Crippen LogP contribution in [0.3, 0.4) is 0 Å². The molecule has 24 heavy (non-hydrogen) atoms. The summed E-state index contributed by atoms with van der Waals surface area (Å²) in [6.07, 6.45) is -4.76. The fourth-order valence-corrected chi connectivity index (χ4v) is 5.99. The van der Waals surface area contributed by atoms with Crippen molar-refractivity contribution in [3.8, 4) is 0 Å². The lowest BCUT2D eigenvalue weighted by atomic mass is 9.91. The van der Waals surface area contributed by atoms with Crippen LogP contribution in [0.5, 0.6) is 0 Å². The van der Waals surface area contributed by atoms with Gasteiger partial charge >= 0.3 is 6.18 Å². The lowest BCUT2D eigenvalue weighted by Gasteiger charge is -2.37. The van der Waals surface area contributed by atoms with Gasteiger partial charge in [0.1, 0.15) is 6.17 Å². The molecule has 8 heteroatoms. The monoisotopic (exact) mass is 365 g/mol. The van der Waals surface area contributed by atoms with Gasteiger partial charge in [0, 0.05) is 24.9 Å². The highest BCUT2D eigenvalue weighted by atomic mass is 32.2. The highest BCUT2D eigenvalue weighted by molar-refractivity contribution is 7.92. The molecule has 0 aromatic heterocycles. The highest BCUT2D eigenvalue weighted by Crippen LogP contribution is 2.41. The number of hydrogen-bond donors (Lipinski definition) is 0.